The first-order valence-electron chi connectivity index (χ1n) is 10.8. The average molecular weight is 435 g/mol. The molecule has 0 bridgehead atoms. The summed E-state index contributed by atoms with van der Waals surface area (Å²) in [4.78, 5) is 33.2. The molecule has 0 rings (SSSR count). The Morgan fingerprint density at radius 2 is 0.967 bits per heavy atom. The van der Waals surface area contributed by atoms with E-state index in [4.69, 9.17) is 28.8 Å². The number of carboxylic acid groups (broad SMARTS) is 1. The molecule has 0 aliphatic carbocycles. The van der Waals surface area contributed by atoms with Crippen LogP contribution in [0.25, 0.3) is 0 Å². The van der Waals surface area contributed by atoms with E-state index >= 15 is 0 Å². The number of hydrogen-bond acceptors (Lipinski definition) is 8. The van der Waals surface area contributed by atoms with Gasteiger partial charge in [0.05, 0.1) is 39.6 Å². The molecule has 0 unspecified atom stereocenters. The second-order valence-corrected chi connectivity index (χ2v) is 6.69. The smallest absolute Gasteiger partial charge is 0.305 e. The van der Waals surface area contributed by atoms with Gasteiger partial charge in [0.15, 0.2) is 0 Å². The van der Waals surface area contributed by atoms with Crippen molar-refractivity contribution in [3.63, 3.8) is 0 Å². The fraction of sp³-hybridized carbons (Fsp3) is 0.857. The highest BCUT2D eigenvalue weighted by Crippen LogP contribution is 2.03. The van der Waals surface area contributed by atoms with Crippen LogP contribution in [0.3, 0.4) is 0 Å². The molecule has 0 heterocycles. The van der Waals surface area contributed by atoms with Crippen LogP contribution in [0, 0.1) is 0 Å². The number of ether oxygens (including phenoxy) is 5. The molecule has 9 heteroatoms. The van der Waals surface area contributed by atoms with Crippen LogP contribution in [-0.4, -0.2) is 75.9 Å². The lowest BCUT2D eigenvalue weighted by Gasteiger charge is -2.08. The molecule has 0 saturated heterocycles. The Hall–Kier alpha value is -1.71. The topological polar surface area (TPSA) is 118 Å². The fourth-order valence-electron chi connectivity index (χ4n) is 2.36. The highest BCUT2D eigenvalue weighted by molar-refractivity contribution is 5.70. The van der Waals surface area contributed by atoms with Gasteiger partial charge in [-0.1, -0.05) is 26.2 Å². The molecule has 0 aromatic rings. The maximum absolute atomic E-state index is 11.4. The van der Waals surface area contributed by atoms with Gasteiger partial charge in [0.1, 0.15) is 13.2 Å². The summed E-state index contributed by atoms with van der Waals surface area (Å²) in [5, 5.41) is 8.49. The van der Waals surface area contributed by atoms with E-state index in [1.807, 2.05) is 0 Å². The van der Waals surface area contributed by atoms with E-state index in [1.165, 1.54) is 0 Å². The van der Waals surface area contributed by atoms with Crippen LogP contribution in [0.4, 0.5) is 0 Å². The quantitative estimate of drug-likeness (QED) is 0.203. The lowest BCUT2D eigenvalue weighted by atomic mass is 10.2. The van der Waals surface area contributed by atoms with Crippen molar-refractivity contribution in [1.29, 1.82) is 0 Å². The van der Waals surface area contributed by atoms with Gasteiger partial charge in [0.25, 0.3) is 0 Å². The van der Waals surface area contributed by atoms with Gasteiger partial charge in [-0.3, -0.25) is 14.4 Å². The third kappa shape index (κ3) is 22.6. The summed E-state index contributed by atoms with van der Waals surface area (Å²) in [5.41, 5.74) is 0. The summed E-state index contributed by atoms with van der Waals surface area (Å²) in [6.45, 7) is 4.79. The highest BCUT2D eigenvalue weighted by Gasteiger charge is 2.04. The number of hydrogen-bond donors (Lipinski definition) is 1. The minimum atomic E-state index is -0.862. The maximum atomic E-state index is 11.4. The number of carbonyl (C=O) groups is 3. The van der Waals surface area contributed by atoms with E-state index in [0.717, 1.165) is 25.7 Å². The molecule has 0 aliphatic rings. The fourth-order valence-corrected chi connectivity index (χ4v) is 2.36. The Kier molecular flexibility index (Phi) is 20.7. The van der Waals surface area contributed by atoms with Gasteiger partial charge in [0, 0.05) is 19.3 Å². The third-order valence-electron chi connectivity index (χ3n) is 3.98. The second-order valence-electron chi connectivity index (χ2n) is 6.69. The molecule has 176 valence electrons. The number of rotatable bonds is 22. The highest BCUT2D eigenvalue weighted by atomic mass is 16.6. The Balaban J connectivity index is 3.21. The molecular formula is C21H38O9. The minimum absolute atomic E-state index is 0.0636. The molecule has 0 aliphatic heterocycles. The lowest BCUT2D eigenvalue weighted by molar-refractivity contribution is -0.146. The van der Waals surface area contributed by atoms with Crippen LogP contribution in [0.5, 0.6) is 0 Å². The van der Waals surface area contributed by atoms with E-state index in [0.29, 0.717) is 52.3 Å². The Bertz CT molecular complexity index is 440. The van der Waals surface area contributed by atoms with Crippen molar-refractivity contribution < 1.29 is 43.2 Å². The van der Waals surface area contributed by atoms with Gasteiger partial charge in [0.2, 0.25) is 0 Å². The van der Waals surface area contributed by atoms with Crippen LogP contribution in [0.2, 0.25) is 0 Å². The largest absolute Gasteiger partial charge is 0.481 e. The molecule has 1 N–H and O–H groups in total. The lowest BCUT2D eigenvalue weighted by Crippen LogP contribution is -2.15. The van der Waals surface area contributed by atoms with E-state index in [2.05, 4.69) is 6.92 Å². The van der Waals surface area contributed by atoms with Crippen LogP contribution >= 0.6 is 0 Å². The van der Waals surface area contributed by atoms with Crippen LogP contribution in [0.1, 0.15) is 64.7 Å². The summed E-state index contributed by atoms with van der Waals surface area (Å²) in [6, 6.07) is 0. The molecule has 0 amide bonds. The molecule has 0 aromatic carbocycles. The molecule has 0 saturated carbocycles. The minimum Gasteiger partial charge on any atom is -0.481 e. The van der Waals surface area contributed by atoms with Crippen molar-refractivity contribution in [3.05, 3.63) is 0 Å². The molecule has 0 spiro atoms. The number of unbranched alkanes of at least 4 members (excludes halogenated alkanes) is 4. The van der Waals surface area contributed by atoms with Gasteiger partial charge in [-0.05, 0) is 19.3 Å². The normalized spacial score (nSPS) is 10.7. The monoisotopic (exact) mass is 434 g/mol. The molecule has 0 atom stereocenters. The van der Waals surface area contributed by atoms with E-state index in [1.54, 1.807) is 0 Å². The van der Waals surface area contributed by atoms with Crippen molar-refractivity contribution in [1.82, 2.24) is 0 Å². The van der Waals surface area contributed by atoms with Gasteiger partial charge < -0.3 is 28.8 Å². The zero-order valence-corrected chi connectivity index (χ0v) is 18.2. The summed E-state index contributed by atoms with van der Waals surface area (Å²) in [6.07, 6.45) is 5.94. The Morgan fingerprint density at radius 3 is 1.40 bits per heavy atom. The summed E-state index contributed by atoms with van der Waals surface area (Å²) < 4.78 is 26.0. The predicted molar refractivity (Wildman–Crippen MR) is 109 cm³/mol. The zero-order valence-electron chi connectivity index (χ0n) is 18.2. The van der Waals surface area contributed by atoms with Crippen molar-refractivity contribution in [2.45, 2.75) is 64.7 Å². The average Bonchev–Trinajstić information content (AvgIpc) is 2.72. The summed E-state index contributed by atoms with van der Waals surface area (Å²) in [7, 11) is 0. The standard InChI is InChI=1S/C21H38O9/c1-2-3-4-5-9-20(24)29-17-15-27-13-11-26-12-14-28-16-18-30-21(25)10-7-6-8-19(22)23/h2-18H2,1H3,(H,22,23). The summed E-state index contributed by atoms with van der Waals surface area (Å²) in [5.74, 6) is -1.38. The van der Waals surface area contributed by atoms with Crippen molar-refractivity contribution in [3.8, 4) is 0 Å². The number of esters is 2. The first-order valence-corrected chi connectivity index (χ1v) is 10.8. The van der Waals surface area contributed by atoms with Gasteiger partial charge in [-0.2, -0.15) is 0 Å². The zero-order chi connectivity index (χ0) is 22.3. The van der Waals surface area contributed by atoms with Crippen molar-refractivity contribution >= 4 is 17.9 Å². The number of carboxylic acids is 1. The van der Waals surface area contributed by atoms with Gasteiger partial charge in [-0.25, -0.2) is 0 Å². The van der Waals surface area contributed by atoms with Crippen LogP contribution in [0.15, 0.2) is 0 Å². The molecule has 0 radical (unpaired) electrons. The first kappa shape index (κ1) is 28.3. The van der Waals surface area contributed by atoms with Crippen LogP contribution < -0.4 is 0 Å². The second kappa shape index (κ2) is 22.0. The molecule has 0 aromatic heterocycles. The Morgan fingerprint density at radius 1 is 0.567 bits per heavy atom. The SMILES string of the molecule is CCCCCCC(=O)OCCOCCOCCOCCOC(=O)CCCCC(=O)O. The third-order valence-corrected chi connectivity index (χ3v) is 3.98. The number of aliphatic carboxylic acids is 1. The Labute approximate surface area is 179 Å². The van der Waals surface area contributed by atoms with E-state index in [-0.39, 0.29) is 44.6 Å². The molecular weight excluding hydrogens is 396 g/mol. The van der Waals surface area contributed by atoms with E-state index < -0.39 is 5.97 Å². The molecule has 30 heavy (non-hydrogen) atoms. The van der Waals surface area contributed by atoms with Gasteiger partial charge >= 0.3 is 17.9 Å². The molecule has 0 fully saturated rings. The van der Waals surface area contributed by atoms with Gasteiger partial charge in [-0.15, -0.1) is 0 Å². The van der Waals surface area contributed by atoms with Crippen LogP contribution in [-0.2, 0) is 38.1 Å². The van der Waals surface area contributed by atoms with E-state index in [9.17, 15) is 14.4 Å². The maximum Gasteiger partial charge on any atom is 0.305 e. The van der Waals surface area contributed by atoms with Crippen molar-refractivity contribution in [2.24, 2.45) is 0 Å². The van der Waals surface area contributed by atoms with Crippen molar-refractivity contribution in [2.75, 3.05) is 52.9 Å². The predicted octanol–water partition coefficient (Wildman–Crippen LogP) is 2.74. The first-order chi connectivity index (χ1) is 14.6. The number of carbonyl (C=O) groups excluding carboxylic acids is 2. The summed E-state index contributed by atoms with van der Waals surface area (Å²) >= 11 is 0. The molecule has 9 nitrogen and oxygen atoms in total.